The van der Waals surface area contributed by atoms with Crippen molar-refractivity contribution >= 4 is 0 Å². The SMILES string of the molecule is CN[C@@H](C)c1ccccc1C(F)(F)C(F)(F)c1ccccc1. The first kappa shape index (κ1) is 16.5. The normalized spacial score (nSPS) is 13.9. The van der Waals surface area contributed by atoms with Gasteiger partial charge in [-0.2, -0.15) is 17.6 Å². The molecule has 0 aliphatic rings. The van der Waals surface area contributed by atoms with E-state index in [1.165, 1.54) is 30.3 Å². The lowest BCUT2D eigenvalue weighted by Crippen LogP contribution is -2.37. The van der Waals surface area contributed by atoms with Crippen molar-refractivity contribution in [1.82, 2.24) is 5.32 Å². The van der Waals surface area contributed by atoms with Gasteiger partial charge >= 0.3 is 11.8 Å². The fourth-order valence-corrected chi connectivity index (χ4v) is 2.31. The first-order valence-corrected chi connectivity index (χ1v) is 6.90. The Morgan fingerprint density at radius 1 is 0.818 bits per heavy atom. The zero-order valence-electron chi connectivity index (χ0n) is 12.3. The molecule has 0 fully saturated rings. The van der Waals surface area contributed by atoms with Gasteiger partial charge in [0.2, 0.25) is 0 Å². The Morgan fingerprint density at radius 2 is 1.36 bits per heavy atom. The molecule has 0 saturated heterocycles. The second-order valence-corrected chi connectivity index (χ2v) is 5.11. The van der Waals surface area contributed by atoms with Crippen LogP contribution in [-0.4, -0.2) is 7.05 Å². The molecule has 0 aliphatic carbocycles. The van der Waals surface area contributed by atoms with Crippen molar-refractivity contribution in [1.29, 1.82) is 0 Å². The second kappa shape index (κ2) is 6.08. The summed E-state index contributed by atoms with van der Waals surface area (Å²) in [6, 6.07) is 11.1. The van der Waals surface area contributed by atoms with Crippen molar-refractivity contribution in [2.45, 2.75) is 24.8 Å². The van der Waals surface area contributed by atoms with Crippen LogP contribution in [0.15, 0.2) is 54.6 Å². The van der Waals surface area contributed by atoms with Crippen LogP contribution in [-0.2, 0) is 11.8 Å². The highest BCUT2D eigenvalue weighted by molar-refractivity contribution is 5.37. The summed E-state index contributed by atoms with van der Waals surface area (Å²) in [6.45, 7) is 1.65. The minimum absolute atomic E-state index is 0.158. The zero-order valence-corrected chi connectivity index (χ0v) is 12.3. The second-order valence-electron chi connectivity index (χ2n) is 5.11. The maximum Gasteiger partial charge on any atom is 0.340 e. The molecule has 1 N–H and O–H groups in total. The monoisotopic (exact) mass is 311 g/mol. The van der Waals surface area contributed by atoms with E-state index in [2.05, 4.69) is 5.32 Å². The van der Waals surface area contributed by atoms with Crippen LogP contribution >= 0.6 is 0 Å². The van der Waals surface area contributed by atoms with Gasteiger partial charge in [0.05, 0.1) is 0 Å². The quantitative estimate of drug-likeness (QED) is 0.778. The van der Waals surface area contributed by atoms with Crippen molar-refractivity contribution in [3.05, 3.63) is 71.3 Å². The van der Waals surface area contributed by atoms with Crippen LogP contribution in [0.3, 0.4) is 0 Å². The van der Waals surface area contributed by atoms with Crippen LogP contribution in [0.4, 0.5) is 17.6 Å². The highest BCUT2D eigenvalue weighted by Crippen LogP contribution is 2.50. The van der Waals surface area contributed by atoms with Crippen molar-refractivity contribution in [2.24, 2.45) is 0 Å². The summed E-state index contributed by atoms with van der Waals surface area (Å²) in [7, 11) is 1.59. The molecule has 0 radical (unpaired) electrons. The Hall–Kier alpha value is -1.88. The molecule has 2 aromatic carbocycles. The summed E-state index contributed by atoms with van der Waals surface area (Å²) in [6.07, 6.45) is 0. The lowest BCUT2D eigenvalue weighted by atomic mass is 9.90. The first-order valence-electron chi connectivity index (χ1n) is 6.90. The third-order valence-electron chi connectivity index (χ3n) is 3.73. The lowest BCUT2D eigenvalue weighted by Gasteiger charge is -2.30. The average Bonchev–Trinajstić information content (AvgIpc) is 2.54. The number of rotatable bonds is 5. The molecule has 1 nitrogen and oxygen atoms in total. The summed E-state index contributed by atoms with van der Waals surface area (Å²) in [4.78, 5) is 0. The van der Waals surface area contributed by atoms with E-state index in [1.54, 1.807) is 20.0 Å². The van der Waals surface area contributed by atoms with Gasteiger partial charge in [0, 0.05) is 17.2 Å². The Labute approximate surface area is 127 Å². The molecular formula is C17H17F4N. The van der Waals surface area contributed by atoms with E-state index >= 15 is 0 Å². The van der Waals surface area contributed by atoms with Gasteiger partial charge in [0.15, 0.2) is 0 Å². The van der Waals surface area contributed by atoms with Crippen LogP contribution in [0, 0.1) is 0 Å². The molecule has 0 heterocycles. The van der Waals surface area contributed by atoms with Crippen LogP contribution in [0.5, 0.6) is 0 Å². The molecule has 2 aromatic rings. The summed E-state index contributed by atoms with van der Waals surface area (Å²) < 4.78 is 58.0. The molecule has 0 aromatic heterocycles. The Morgan fingerprint density at radius 3 is 1.95 bits per heavy atom. The standard InChI is InChI=1S/C17H17F4N/c1-12(22-2)14-10-6-7-11-15(14)17(20,21)16(18,19)13-8-4-3-5-9-13/h3-12,22H,1-2H3/t12-/m0/s1. The predicted molar refractivity (Wildman–Crippen MR) is 78.1 cm³/mol. The summed E-state index contributed by atoms with van der Waals surface area (Å²) >= 11 is 0. The summed E-state index contributed by atoms with van der Waals surface area (Å²) in [5.41, 5.74) is -1.21. The van der Waals surface area contributed by atoms with E-state index in [-0.39, 0.29) is 5.56 Å². The first-order chi connectivity index (χ1) is 10.3. The molecule has 118 valence electrons. The fourth-order valence-electron chi connectivity index (χ4n) is 2.31. The van der Waals surface area contributed by atoms with Crippen molar-refractivity contribution in [2.75, 3.05) is 7.05 Å². The van der Waals surface area contributed by atoms with E-state index in [1.807, 2.05) is 0 Å². The molecule has 1 atom stereocenters. The molecule has 0 amide bonds. The van der Waals surface area contributed by atoms with Crippen molar-refractivity contribution in [3.63, 3.8) is 0 Å². The predicted octanol–water partition coefficient (Wildman–Crippen LogP) is 4.85. The van der Waals surface area contributed by atoms with Crippen LogP contribution in [0.2, 0.25) is 0 Å². The zero-order chi connectivity index (χ0) is 16.4. The molecule has 0 unspecified atom stereocenters. The number of hydrogen-bond donors (Lipinski definition) is 1. The number of nitrogens with one attached hydrogen (secondary N) is 1. The molecule has 5 heteroatoms. The minimum Gasteiger partial charge on any atom is -0.313 e. The van der Waals surface area contributed by atoms with Gasteiger partial charge in [0.25, 0.3) is 0 Å². The van der Waals surface area contributed by atoms with E-state index < -0.39 is 29.0 Å². The van der Waals surface area contributed by atoms with Crippen LogP contribution in [0.25, 0.3) is 0 Å². The fraction of sp³-hybridized carbons (Fsp3) is 0.294. The Bertz CT molecular complexity index is 626. The highest BCUT2D eigenvalue weighted by Gasteiger charge is 2.59. The largest absolute Gasteiger partial charge is 0.340 e. The lowest BCUT2D eigenvalue weighted by molar-refractivity contribution is -0.224. The van der Waals surface area contributed by atoms with E-state index in [0.29, 0.717) is 0 Å². The number of benzene rings is 2. The molecule has 2 rings (SSSR count). The maximum atomic E-state index is 14.6. The van der Waals surface area contributed by atoms with E-state index in [0.717, 1.165) is 18.2 Å². The average molecular weight is 311 g/mol. The van der Waals surface area contributed by atoms with Crippen LogP contribution in [0.1, 0.15) is 29.7 Å². The van der Waals surface area contributed by atoms with Crippen LogP contribution < -0.4 is 5.32 Å². The van der Waals surface area contributed by atoms with Gasteiger partial charge in [-0.1, -0.05) is 54.6 Å². The van der Waals surface area contributed by atoms with Crippen molar-refractivity contribution < 1.29 is 17.6 Å². The van der Waals surface area contributed by atoms with Gasteiger partial charge in [-0.25, -0.2) is 0 Å². The van der Waals surface area contributed by atoms with Gasteiger partial charge in [-0.05, 0) is 19.5 Å². The van der Waals surface area contributed by atoms with Gasteiger partial charge in [0.1, 0.15) is 0 Å². The van der Waals surface area contributed by atoms with Gasteiger partial charge in [-0.15, -0.1) is 0 Å². The Balaban J connectivity index is 2.55. The Kier molecular flexibility index (Phi) is 4.56. The molecule has 22 heavy (non-hydrogen) atoms. The summed E-state index contributed by atoms with van der Waals surface area (Å²) in [5, 5.41) is 2.81. The van der Waals surface area contributed by atoms with Gasteiger partial charge in [-0.3, -0.25) is 0 Å². The number of alkyl halides is 4. The van der Waals surface area contributed by atoms with E-state index in [4.69, 9.17) is 0 Å². The van der Waals surface area contributed by atoms with Crippen molar-refractivity contribution in [3.8, 4) is 0 Å². The molecule has 0 spiro atoms. The number of hydrogen-bond acceptors (Lipinski definition) is 1. The third-order valence-corrected chi connectivity index (χ3v) is 3.73. The number of halogens is 4. The topological polar surface area (TPSA) is 12.0 Å². The molecule has 0 saturated carbocycles. The van der Waals surface area contributed by atoms with E-state index in [9.17, 15) is 17.6 Å². The smallest absolute Gasteiger partial charge is 0.313 e. The minimum atomic E-state index is -4.31. The van der Waals surface area contributed by atoms with Gasteiger partial charge < -0.3 is 5.32 Å². The molecular weight excluding hydrogens is 294 g/mol. The molecule has 0 aliphatic heterocycles. The highest BCUT2D eigenvalue weighted by atomic mass is 19.3. The summed E-state index contributed by atoms with van der Waals surface area (Å²) in [5.74, 6) is -8.60. The third kappa shape index (κ3) is 2.73. The molecule has 0 bridgehead atoms. The maximum absolute atomic E-state index is 14.6.